The molecule has 8 nitrogen and oxygen atoms in total. The van der Waals surface area contributed by atoms with E-state index in [1.165, 1.54) is 7.11 Å². The summed E-state index contributed by atoms with van der Waals surface area (Å²) < 4.78 is 24.2. The van der Waals surface area contributed by atoms with Crippen molar-refractivity contribution in [1.82, 2.24) is 9.97 Å². The second kappa shape index (κ2) is 7.84. The first-order valence-electron chi connectivity index (χ1n) is 7.76. The minimum atomic E-state index is -0.508. The molecule has 0 atom stereocenters. The van der Waals surface area contributed by atoms with E-state index < -0.39 is 5.82 Å². The van der Waals surface area contributed by atoms with Crippen molar-refractivity contribution in [2.45, 2.75) is 6.54 Å². The Balaban J connectivity index is 1.73. The third kappa shape index (κ3) is 4.00. The monoisotopic (exact) mass is 347 g/mol. The molecule has 1 N–H and O–H groups in total. The Morgan fingerprint density at radius 2 is 2.16 bits per heavy atom. The number of azo groups is 1. The molecule has 0 saturated carbocycles. The third-order valence-corrected chi connectivity index (χ3v) is 3.73. The third-order valence-electron chi connectivity index (χ3n) is 3.73. The quantitative estimate of drug-likeness (QED) is 0.835. The summed E-state index contributed by atoms with van der Waals surface area (Å²) in [4.78, 5) is 9.73. The van der Waals surface area contributed by atoms with Crippen molar-refractivity contribution in [2.75, 3.05) is 38.3 Å². The number of halogens is 1. The van der Waals surface area contributed by atoms with Crippen LogP contribution in [-0.2, 0) is 11.3 Å². The molecule has 1 saturated heterocycles. The van der Waals surface area contributed by atoms with Crippen LogP contribution in [0.2, 0.25) is 0 Å². The van der Waals surface area contributed by atoms with Crippen LogP contribution in [0.25, 0.3) is 0 Å². The Morgan fingerprint density at radius 3 is 2.92 bits per heavy atom. The molecule has 0 unspecified atom stereocenters. The van der Waals surface area contributed by atoms with Gasteiger partial charge in [-0.2, -0.15) is 10.1 Å². The number of hydrogen-bond donors (Lipinski definition) is 1. The predicted molar refractivity (Wildman–Crippen MR) is 87.9 cm³/mol. The summed E-state index contributed by atoms with van der Waals surface area (Å²) >= 11 is 0. The number of hydrogen-bond acceptors (Lipinski definition) is 8. The maximum absolute atomic E-state index is 14.0. The SMILES string of the molecule is COc1cccc(CN=Nc2ncc(F)c(N3CCOCC3)n2)c1O. The second-order valence-corrected chi connectivity index (χ2v) is 5.31. The second-order valence-electron chi connectivity index (χ2n) is 5.31. The molecule has 1 aliphatic rings. The van der Waals surface area contributed by atoms with Gasteiger partial charge < -0.3 is 19.5 Å². The van der Waals surface area contributed by atoms with E-state index >= 15 is 0 Å². The highest BCUT2D eigenvalue weighted by Gasteiger charge is 2.17. The molecule has 0 aliphatic carbocycles. The smallest absolute Gasteiger partial charge is 0.270 e. The van der Waals surface area contributed by atoms with Gasteiger partial charge in [0.2, 0.25) is 0 Å². The lowest BCUT2D eigenvalue weighted by molar-refractivity contribution is 0.122. The number of benzene rings is 1. The van der Waals surface area contributed by atoms with Crippen molar-refractivity contribution in [3.8, 4) is 11.5 Å². The van der Waals surface area contributed by atoms with Gasteiger partial charge in [0.25, 0.3) is 5.95 Å². The van der Waals surface area contributed by atoms with Gasteiger partial charge in [0.15, 0.2) is 23.1 Å². The fourth-order valence-corrected chi connectivity index (χ4v) is 2.43. The van der Waals surface area contributed by atoms with Gasteiger partial charge in [-0.3, -0.25) is 0 Å². The van der Waals surface area contributed by atoms with Crippen LogP contribution in [0.1, 0.15) is 5.56 Å². The lowest BCUT2D eigenvalue weighted by Crippen LogP contribution is -2.37. The van der Waals surface area contributed by atoms with Crippen LogP contribution in [0.15, 0.2) is 34.6 Å². The Hall–Kier alpha value is -2.81. The number of nitrogens with zero attached hydrogens (tertiary/aromatic N) is 5. The molecular formula is C16H18FN5O3. The molecule has 132 valence electrons. The minimum absolute atomic E-state index is 0.0120. The van der Waals surface area contributed by atoms with E-state index in [1.807, 2.05) is 0 Å². The summed E-state index contributed by atoms with van der Waals surface area (Å²) in [6.45, 7) is 2.28. The van der Waals surface area contributed by atoms with Gasteiger partial charge in [-0.1, -0.05) is 12.1 Å². The normalized spacial score (nSPS) is 14.9. The average Bonchev–Trinajstić information content (AvgIpc) is 2.65. The first-order chi connectivity index (χ1) is 12.2. The number of rotatable bonds is 5. The summed E-state index contributed by atoms with van der Waals surface area (Å²) in [5.41, 5.74) is 0.554. The summed E-state index contributed by atoms with van der Waals surface area (Å²) in [6.07, 6.45) is 1.08. The van der Waals surface area contributed by atoms with Gasteiger partial charge >= 0.3 is 0 Å². The van der Waals surface area contributed by atoms with E-state index in [1.54, 1.807) is 23.1 Å². The molecule has 0 radical (unpaired) electrons. The molecule has 1 aromatic heterocycles. The summed E-state index contributed by atoms with van der Waals surface area (Å²) in [6, 6.07) is 5.10. The number of morpholine rings is 1. The maximum Gasteiger partial charge on any atom is 0.270 e. The Morgan fingerprint density at radius 1 is 1.36 bits per heavy atom. The molecule has 0 spiro atoms. The summed E-state index contributed by atoms with van der Waals surface area (Å²) in [7, 11) is 1.47. The zero-order valence-electron chi connectivity index (χ0n) is 13.7. The number of aromatic nitrogens is 2. The van der Waals surface area contributed by atoms with Gasteiger partial charge in [0.1, 0.15) is 0 Å². The molecule has 1 aliphatic heterocycles. The van der Waals surface area contributed by atoms with Gasteiger partial charge in [0.05, 0.1) is 33.1 Å². The van der Waals surface area contributed by atoms with E-state index in [0.29, 0.717) is 37.6 Å². The Bertz CT molecular complexity index is 765. The molecular weight excluding hydrogens is 329 g/mol. The number of methoxy groups -OCH3 is 1. The number of phenols is 1. The van der Waals surface area contributed by atoms with Gasteiger partial charge in [0, 0.05) is 18.7 Å². The standard InChI is InChI=1S/C16H18FN5O3/c1-24-13-4-2-3-11(14(13)23)9-19-21-16-18-10-12(17)15(20-16)22-5-7-25-8-6-22/h2-4,10,23H,5-9H2,1H3. The zero-order valence-corrected chi connectivity index (χ0v) is 13.7. The van der Waals surface area contributed by atoms with Crippen LogP contribution >= 0.6 is 0 Å². The van der Waals surface area contributed by atoms with Crippen LogP contribution in [-0.4, -0.2) is 48.5 Å². The van der Waals surface area contributed by atoms with Crippen LogP contribution in [0.3, 0.4) is 0 Å². The minimum Gasteiger partial charge on any atom is -0.504 e. The number of anilines is 1. The molecule has 3 rings (SSSR count). The lowest BCUT2D eigenvalue weighted by Gasteiger charge is -2.27. The first kappa shape index (κ1) is 17.0. The molecule has 25 heavy (non-hydrogen) atoms. The summed E-state index contributed by atoms with van der Waals surface area (Å²) in [5.74, 6) is 0.117. The van der Waals surface area contributed by atoms with Crippen molar-refractivity contribution in [3.05, 3.63) is 35.8 Å². The van der Waals surface area contributed by atoms with E-state index in [9.17, 15) is 9.50 Å². The van der Waals surface area contributed by atoms with Crippen LogP contribution in [0, 0.1) is 5.82 Å². The molecule has 2 heterocycles. The molecule has 2 aromatic rings. The predicted octanol–water partition coefficient (Wildman–Crippen LogP) is 2.45. The summed E-state index contributed by atoms with van der Waals surface area (Å²) in [5, 5.41) is 17.9. The number of phenolic OH excluding ortho intramolecular Hbond substituents is 1. The Kier molecular flexibility index (Phi) is 5.34. The molecule has 1 aromatic carbocycles. The van der Waals surface area contributed by atoms with Crippen LogP contribution in [0.4, 0.5) is 16.2 Å². The molecule has 1 fully saturated rings. The lowest BCUT2D eigenvalue weighted by atomic mass is 10.2. The fraction of sp³-hybridized carbons (Fsp3) is 0.375. The maximum atomic E-state index is 14.0. The van der Waals surface area contributed by atoms with Crippen molar-refractivity contribution in [2.24, 2.45) is 10.2 Å². The highest BCUT2D eigenvalue weighted by molar-refractivity contribution is 5.45. The average molecular weight is 347 g/mol. The Labute approximate surface area is 144 Å². The number of para-hydroxylation sites is 1. The number of aromatic hydroxyl groups is 1. The van der Waals surface area contributed by atoms with E-state index in [-0.39, 0.29) is 24.1 Å². The van der Waals surface area contributed by atoms with E-state index in [0.717, 1.165) is 6.20 Å². The van der Waals surface area contributed by atoms with E-state index in [2.05, 4.69) is 20.2 Å². The molecule has 0 amide bonds. The van der Waals surface area contributed by atoms with Crippen molar-refractivity contribution >= 4 is 11.8 Å². The van der Waals surface area contributed by atoms with Crippen molar-refractivity contribution in [3.63, 3.8) is 0 Å². The highest BCUT2D eigenvalue weighted by Crippen LogP contribution is 2.30. The van der Waals surface area contributed by atoms with Gasteiger partial charge in [-0.15, -0.1) is 5.11 Å². The van der Waals surface area contributed by atoms with Crippen LogP contribution in [0.5, 0.6) is 11.5 Å². The highest BCUT2D eigenvalue weighted by atomic mass is 19.1. The van der Waals surface area contributed by atoms with Gasteiger partial charge in [-0.05, 0) is 6.07 Å². The first-order valence-corrected chi connectivity index (χ1v) is 7.76. The van der Waals surface area contributed by atoms with E-state index in [4.69, 9.17) is 9.47 Å². The topological polar surface area (TPSA) is 92.4 Å². The van der Waals surface area contributed by atoms with Crippen LogP contribution < -0.4 is 9.64 Å². The van der Waals surface area contributed by atoms with Crippen molar-refractivity contribution < 1.29 is 19.0 Å². The fourth-order valence-electron chi connectivity index (χ4n) is 2.43. The van der Waals surface area contributed by atoms with Crippen molar-refractivity contribution in [1.29, 1.82) is 0 Å². The molecule has 0 bridgehead atoms. The zero-order chi connectivity index (χ0) is 17.6. The molecule has 9 heteroatoms. The van der Waals surface area contributed by atoms with Gasteiger partial charge in [-0.25, -0.2) is 9.37 Å². The largest absolute Gasteiger partial charge is 0.504 e. The number of ether oxygens (including phenoxy) is 2.